The Labute approximate surface area is 115 Å². The van der Waals surface area contributed by atoms with Crippen LogP contribution in [0.2, 0.25) is 0 Å². The van der Waals surface area contributed by atoms with E-state index >= 15 is 0 Å². The highest BCUT2D eigenvalue weighted by atomic mass is 79.9. The third-order valence-electron chi connectivity index (χ3n) is 2.27. The molecule has 0 aliphatic carbocycles. The van der Waals surface area contributed by atoms with Crippen LogP contribution in [0.4, 0.5) is 13.2 Å². The number of alkyl halides is 3. The van der Waals surface area contributed by atoms with Crippen LogP contribution in [0.15, 0.2) is 40.9 Å². The molecule has 8 heteroatoms. The molecule has 102 valence electrons. The smallest absolute Gasteiger partial charge is 0.376 e. The Morgan fingerprint density at radius 3 is 2.37 bits per heavy atom. The Hall–Kier alpha value is -1.28. The predicted molar refractivity (Wildman–Crippen MR) is 67.3 cm³/mol. The van der Waals surface area contributed by atoms with Gasteiger partial charge in [-0.15, -0.1) is 0 Å². The van der Waals surface area contributed by atoms with Gasteiger partial charge in [0.15, 0.2) is 0 Å². The molecule has 0 aromatic heterocycles. The third-order valence-corrected chi connectivity index (χ3v) is 3.91. The Balaban J connectivity index is 2.48. The number of fused-ring (bicyclic) bond motifs is 1. The molecule has 2 aromatic carbocycles. The van der Waals surface area contributed by atoms with E-state index < -0.39 is 21.4 Å². The molecule has 19 heavy (non-hydrogen) atoms. The molecule has 0 radical (unpaired) electrons. The van der Waals surface area contributed by atoms with Crippen molar-refractivity contribution in [3.63, 3.8) is 0 Å². The number of rotatable bonds is 2. The summed E-state index contributed by atoms with van der Waals surface area (Å²) in [4.78, 5) is 0. The molecule has 2 rings (SSSR count). The van der Waals surface area contributed by atoms with Crippen molar-refractivity contribution in [1.29, 1.82) is 0 Å². The zero-order valence-electron chi connectivity index (χ0n) is 9.11. The van der Waals surface area contributed by atoms with Crippen molar-refractivity contribution in [3.8, 4) is 5.75 Å². The van der Waals surface area contributed by atoms with Crippen LogP contribution in [0.3, 0.4) is 0 Å². The van der Waals surface area contributed by atoms with E-state index in [0.717, 1.165) is 5.39 Å². The lowest BCUT2D eigenvalue weighted by Crippen LogP contribution is -2.28. The molecule has 3 nitrogen and oxygen atoms in total. The van der Waals surface area contributed by atoms with Crippen LogP contribution in [0, 0.1) is 0 Å². The van der Waals surface area contributed by atoms with Gasteiger partial charge in [-0.25, -0.2) is 0 Å². The lowest BCUT2D eigenvalue weighted by atomic mass is 10.1. The lowest BCUT2D eigenvalue weighted by Gasteiger charge is -2.10. The summed E-state index contributed by atoms with van der Waals surface area (Å²) in [6.07, 6.45) is 0. The van der Waals surface area contributed by atoms with Crippen LogP contribution in [0.1, 0.15) is 0 Å². The maximum atomic E-state index is 12.2. The fraction of sp³-hybridized carbons (Fsp3) is 0.0909. The van der Waals surface area contributed by atoms with Crippen LogP contribution < -0.4 is 4.18 Å². The molecular weight excluding hydrogens is 349 g/mol. The average Bonchev–Trinajstić information content (AvgIpc) is 2.27. The average molecular weight is 355 g/mol. The summed E-state index contributed by atoms with van der Waals surface area (Å²) in [6, 6.07) is 9.19. The van der Waals surface area contributed by atoms with Gasteiger partial charge >= 0.3 is 15.6 Å². The van der Waals surface area contributed by atoms with E-state index in [-0.39, 0.29) is 0 Å². The van der Waals surface area contributed by atoms with Gasteiger partial charge in [-0.05, 0) is 22.9 Å². The molecule has 0 unspecified atom stereocenters. The predicted octanol–water partition coefficient (Wildman–Crippen LogP) is 3.83. The molecule has 0 aliphatic rings. The van der Waals surface area contributed by atoms with Crippen molar-refractivity contribution in [2.24, 2.45) is 0 Å². The normalized spacial score (nSPS) is 12.6. The van der Waals surface area contributed by atoms with Gasteiger partial charge in [-0.1, -0.05) is 40.2 Å². The van der Waals surface area contributed by atoms with E-state index in [0.29, 0.717) is 9.86 Å². The second kappa shape index (κ2) is 4.68. The van der Waals surface area contributed by atoms with Gasteiger partial charge in [0.1, 0.15) is 5.75 Å². The minimum atomic E-state index is -5.66. The van der Waals surface area contributed by atoms with Gasteiger partial charge in [0.25, 0.3) is 0 Å². The maximum Gasteiger partial charge on any atom is 0.534 e. The second-order valence-electron chi connectivity index (χ2n) is 3.61. The molecule has 0 bridgehead atoms. The Morgan fingerprint density at radius 1 is 1.11 bits per heavy atom. The lowest BCUT2D eigenvalue weighted by molar-refractivity contribution is -0.0500. The second-order valence-corrected chi connectivity index (χ2v) is 6.00. The third kappa shape index (κ3) is 2.84. The quantitative estimate of drug-likeness (QED) is 0.608. The Bertz CT molecular complexity index is 726. The van der Waals surface area contributed by atoms with Crippen molar-refractivity contribution < 1.29 is 25.8 Å². The first kappa shape index (κ1) is 14.1. The van der Waals surface area contributed by atoms with E-state index in [1.54, 1.807) is 24.3 Å². The first-order valence-corrected chi connectivity index (χ1v) is 7.10. The molecule has 0 amide bonds. The Morgan fingerprint density at radius 2 is 1.74 bits per heavy atom. The van der Waals surface area contributed by atoms with Crippen molar-refractivity contribution in [2.45, 2.75) is 5.51 Å². The molecule has 0 atom stereocenters. The van der Waals surface area contributed by atoms with Crippen molar-refractivity contribution in [1.82, 2.24) is 0 Å². The highest BCUT2D eigenvalue weighted by Crippen LogP contribution is 2.32. The summed E-state index contributed by atoms with van der Waals surface area (Å²) in [6.45, 7) is 0. The SMILES string of the molecule is O=S(=O)(Oc1cc(Br)c2ccccc2c1)C(F)(F)F. The maximum absolute atomic E-state index is 12.2. The minimum Gasteiger partial charge on any atom is -0.376 e. The largest absolute Gasteiger partial charge is 0.534 e. The summed E-state index contributed by atoms with van der Waals surface area (Å²) in [7, 11) is -5.66. The molecule has 0 saturated heterocycles. The molecule has 0 aliphatic heterocycles. The van der Waals surface area contributed by atoms with Crippen molar-refractivity contribution in [2.75, 3.05) is 0 Å². The highest BCUT2D eigenvalue weighted by molar-refractivity contribution is 9.10. The molecule has 2 aromatic rings. The zero-order chi connectivity index (χ0) is 14.3. The fourth-order valence-corrected chi connectivity index (χ4v) is 2.49. The van der Waals surface area contributed by atoms with Gasteiger partial charge in [0, 0.05) is 4.47 Å². The van der Waals surface area contributed by atoms with E-state index in [2.05, 4.69) is 20.1 Å². The van der Waals surface area contributed by atoms with E-state index in [4.69, 9.17) is 0 Å². The van der Waals surface area contributed by atoms with Crippen LogP contribution in [0.25, 0.3) is 10.8 Å². The summed E-state index contributed by atoms with van der Waals surface area (Å²) in [5, 5.41) is 1.29. The molecule has 0 N–H and O–H groups in total. The summed E-state index contributed by atoms with van der Waals surface area (Å²) >= 11 is 3.15. The molecular formula is C11H6BrF3O3S. The Kier molecular flexibility index (Phi) is 3.48. The number of hydrogen-bond donors (Lipinski definition) is 0. The minimum absolute atomic E-state index is 0.400. The van der Waals surface area contributed by atoms with Crippen LogP contribution in [0.5, 0.6) is 5.75 Å². The summed E-state index contributed by atoms with van der Waals surface area (Å²) < 4.78 is 63.0. The van der Waals surface area contributed by atoms with Gasteiger partial charge in [0.05, 0.1) is 0 Å². The van der Waals surface area contributed by atoms with Crippen LogP contribution in [-0.2, 0) is 10.1 Å². The molecule has 0 saturated carbocycles. The fourth-order valence-electron chi connectivity index (χ4n) is 1.46. The molecule has 0 fully saturated rings. The molecule has 0 spiro atoms. The number of benzene rings is 2. The number of halogens is 4. The van der Waals surface area contributed by atoms with Crippen molar-refractivity contribution >= 4 is 36.8 Å². The number of hydrogen-bond acceptors (Lipinski definition) is 3. The van der Waals surface area contributed by atoms with Crippen molar-refractivity contribution in [3.05, 3.63) is 40.9 Å². The molecule has 0 heterocycles. The summed E-state index contributed by atoms with van der Waals surface area (Å²) in [5.41, 5.74) is -5.45. The monoisotopic (exact) mass is 354 g/mol. The first-order valence-electron chi connectivity index (χ1n) is 4.90. The summed E-state index contributed by atoms with van der Waals surface area (Å²) in [5.74, 6) is -0.400. The topological polar surface area (TPSA) is 43.4 Å². The van der Waals surface area contributed by atoms with Crippen LogP contribution >= 0.6 is 15.9 Å². The van der Waals surface area contributed by atoms with E-state index in [9.17, 15) is 21.6 Å². The highest BCUT2D eigenvalue weighted by Gasteiger charge is 2.48. The first-order chi connectivity index (χ1) is 8.71. The van der Waals surface area contributed by atoms with Gasteiger partial charge in [-0.2, -0.15) is 21.6 Å². The van der Waals surface area contributed by atoms with Gasteiger partial charge in [0.2, 0.25) is 0 Å². The van der Waals surface area contributed by atoms with E-state index in [1.807, 2.05) is 0 Å². The van der Waals surface area contributed by atoms with E-state index in [1.165, 1.54) is 12.1 Å². The van der Waals surface area contributed by atoms with Gasteiger partial charge < -0.3 is 4.18 Å². The van der Waals surface area contributed by atoms with Gasteiger partial charge in [-0.3, -0.25) is 0 Å². The van der Waals surface area contributed by atoms with Crippen LogP contribution in [-0.4, -0.2) is 13.9 Å². The zero-order valence-corrected chi connectivity index (χ0v) is 11.5. The standard InChI is InChI=1S/C11H6BrF3O3S/c12-10-6-8(18-19(16,17)11(13,14)15)5-7-3-1-2-4-9(7)10/h1-6H.